The molecule has 9 rings (SSSR count). The van der Waals surface area contributed by atoms with Gasteiger partial charge in [-0.15, -0.1) is 0 Å². The molecule has 2 nitrogen and oxygen atoms in total. The summed E-state index contributed by atoms with van der Waals surface area (Å²) in [5, 5.41) is 19.1. The molecule has 2 aliphatic carbocycles. The Bertz CT molecular complexity index is 2920. The minimum Gasteiger partial charge on any atom is -0.491 e. The fraction of sp³-hybridized carbons (Fsp3) is 0.143. The Morgan fingerprint density at radius 3 is 1.74 bits per heavy atom. The summed E-state index contributed by atoms with van der Waals surface area (Å²) in [5.74, 6) is 0.764. The molecular weight excluding hydrogens is 705 g/mol. The van der Waals surface area contributed by atoms with Crippen LogP contribution in [0.15, 0.2) is 158 Å². The maximum Gasteiger partial charge on any atom is 0.142 e. The standard InChI is InChI=1S/C56H48O2/c1-35(2)58-45-27-25-44(26-28-45)56(57)54(40-17-10-7-11-18-40)50(43-33-38(5)30-39(6)34-43)52-49-22-15-9-14-21-47(49)48-24-16-23-46(42-31-36(3)29-37(4)32-42)51(48)53(52)55(56)41-19-12-8-13-20-41/h7-35,57H,1-6H3. The molecule has 284 valence electrons. The molecule has 7 aromatic carbocycles. The zero-order valence-electron chi connectivity index (χ0n) is 34.1. The first-order valence-corrected chi connectivity index (χ1v) is 20.3. The number of ether oxygens (including phenoxy) is 1. The van der Waals surface area contributed by atoms with Crippen LogP contribution >= 0.6 is 0 Å². The Morgan fingerprint density at radius 2 is 1.14 bits per heavy atom. The van der Waals surface area contributed by atoms with Crippen LogP contribution in [-0.4, -0.2) is 11.2 Å². The maximum absolute atomic E-state index is 14.7. The highest BCUT2D eigenvalue weighted by Crippen LogP contribution is 2.53. The molecular formula is C56H48O2. The fourth-order valence-electron chi connectivity index (χ4n) is 9.46. The summed E-state index contributed by atoms with van der Waals surface area (Å²) < 4.78 is 6.18. The van der Waals surface area contributed by atoms with Gasteiger partial charge in [0.1, 0.15) is 11.4 Å². The number of fused-ring (bicyclic) bond motifs is 6. The summed E-state index contributed by atoms with van der Waals surface area (Å²) in [5.41, 5.74) is 14.1. The van der Waals surface area contributed by atoms with E-state index in [0.717, 1.165) is 88.2 Å². The van der Waals surface area contributed by atoms with E-state index in [4.69, 9.17) is 4.74 Å². The van der Waals surface area contributed by atoms with Gasteiger partial charge in [0, 0.05) is 11.1 Å². The predicted octanol–water partition coefficient (Wildman–Crippen LogP) is 12.0. The van der Waals surface area contributed by atoms with Crippen molar-refractivity contribution in [2.45, 2.75) is 53.2 Å². The van der Waals surface area contributed by atoms with Crippen molar-refractivity contribution in [1.29, 1.82) is 0 Å². The van der Waals surface area contributed by atoms with E-state index < -0.39 is 5.60 Å². The molecule has 58 heavy (non-hydrogen) atoms. The second-order valence-electron chi connectivity index (χ2n) is 16.2. The van der Waals surface area contributed by atoms with E-state index in [0.29, 0.717) is 0 Å². The SMILES string of the molecule is Cc1cc(C)cc(C2=C(c3ccccc3)C(O)(c3ccc(OC(C)C)cc3)C(c3ccccc3)=c3c2c2c(c4cccc(-c5cc(C)cc(C)c5)c34)=CC=CC=C2)c1. The van der Waals surface area contributed by atoms with E-state index in [1.54, 1.807) is 0 Å². The molecule has 0 radical (unpaired) electrons. The first-order valence-electron chi connectivity index (χ1n) is 20.3. The number of aliphatic hydroxyl groups is 1. The molecule has 1 N–H and O–H groups in total. The van der Waals surface area contributed by atoms with Gasteiger partial charge in [-0.2, -0.15) is 0 Å². The first kappa shape index (κ1) is 37.1. The lowest BCUT2D eigenvalue weighted by Gasteiger charge is -2.41. The van der Waals surface area contributed by atoms with Crippen LogP contribution in [0.2, 0.25) is 0 Å². The molecule has 0 spiro atoms. The van der Waals surface area contributed by atoms with Gasteiger partial charge in [-0.1, -0.05) is 180 Å². The van der Waals surface area contributed by atoms with Gasteiger partial charge in [0.25, 0.3) is 0 Å². The second-order valence-corrected chi connectivity index (χ2v) is 16.2. The first-order chi connectivity index (χ1) is 28.1. The van der Waals surface area contributed by atoms with Crippen molar-refractivity contribution in [3.8, 4) is 16.9 Å². The van der Waals surface area contributed by atoms with Crippen molar-refractivity contribution in [3.63, 3.8) is 0 Å². The third kappa shape index (κ3) is 6.35. The Labute approximate surface area is 342 Å². The third-order valence-corrected chi connectivity index (χ3v) is 11.4. The molecule has 0 heterocycles. The normalized spacial score (nSPS) is 16.0. The van der Waals surface area contributed by atoms with Gasteiger partial charge >= 0.3 is 0 Å². The van der Waals surface area contributed by atoms with E-state index in [9.17, 15) is 5.11 Å². The monoisotopic (exact) mass is 752 g/mol. The number of rotatable bonds is 7. The van der Waals surface area contributed by atoms with E-state index in [2.05, 4.69) is 185 Å². The van der Waals surface area contributed by atoms with E-state index in [-0.39, 0.29) is 6.10 Å². The highest BCUT2D eigenvalue weighted by Gasteiger charge is 2.46. The second kappa shape index (κ2) is 14.8. The fourth-order valence-corrected chi connectivity index (χ4v) is 9.46. The molecule has 2 heteroatoms. The van der Waals surface area contributed by atoms with Gasteiger partial charge in [0.05, 0.1) is 6.10 Å². The minimum atomic E-state index is -1.63. The molecule has 0 aromatic heterocycles. The summed E-state index contributed by atoms with van der Waals surface area (Å²) in [6.45, 7) is 12.8. The molecule has 0 saturated carbocycles. The largest absolute Gasteiger partial charge is 0.491 e. The lowest BCUT2D eigenvalue weighted by atomic mass is 9.65. The van der Waals surface area contributed by atoms with Crippen LogP contribution in [0.5, 0.6) is 5.75 Å². The lowest BCUT2D eigenvalue weighted by molar-refractivity contribution is 0.164. The van der Waals surface area contributed by atoms with Gasteiger partial charge < -0.3 is 9.84 Å². The summed E-state index contributed by atoms with van der Waals surface area (Å²) in [4.78, 5) is 0. The Morgan fingerprint density at radius 1 is 0.552 bits per heavy atom. The Kier molecular flexibility index (Phi) is 9.47. The third-order valence-electron chi connectivity index (χ3n) is 11.4. The molecule has 7 aromatic rings. The molecule has 1 unspecified atom stereocenters. The molecule has 2 aliphatic rings. The summed E-state index contributed by atoms with van der Waals surface area (Å²) in [6.07, 6.45) is 11.0. The van der Waals surface area contributed by atoms with Gasteiger partial charge in [0.2, 0.25) is 0 Å². The van der Waals surface area contributed by atoms with Crippen LogP contribution in [0.3, 0.4) is 0 Å². The van der Waals surface area contributed by atoms with Crippen LogP contribution in [0.4, 0.5) is 0 Å². The Hall–Kier alpha value is -6.48. The van der Waals surface area contributed by atoms with Crippen LogP contribution in [0.25, 0.3) is 50.8 Å². The van der Waals surface area contributed by atoms with Crippen LogP contribution in [0, 0.1) is 27.7 Å². The molecule has 0 bridgehead atoms. The average molecular weight is 753 g/mol. The van der Waals surface area contributed by atoms with Gasteiger partial charge in [-0.05, 0) is 125 Å². The Balaban J connectivity index is 1.63. The topological polar surface area (TPSA) is 29.5 Å². The zero-order valence-corrected chi connectivity index (χ0v) is 34.1. The van der Waals surface area contributed by atoms with Gasteiger partial charge in [0.15, 0.2) is 0 Å². The summed E-state index contributed by atoms with van der Waals surface area (Å²) in [7, 11) is 0. The number of hydrogen-bond acceptors (Lipinski definition) is 2. The lowest BCUT2D eigenvalue weighted by Crippen LogP contribution is -2.41. The van der Waals surface area contributed by atoms with Gasteiger partial charge in [-0.3, -0.25) is 0 Å². The molecule has 0 aliphatic heterocycles. The number of allylic oxidation sites excluding steroid dienone is 3. The van der Waals surface area contributed by atoms with Crippen molar-refractivity contribution >= 4 is 39.6 Å². The summed E-state index contributed by atoms with van der Waals surface area (Å²) in [6, 6.07) is 49.5. The molecule has 1 atom stereocenters. The highest BCUT2D eigenvalue weighted by atomic mass is 16.5. The van der Waals surface area contributed by atoms with Crippen molar-refractivity contribution in [1.82, 2.24) is 0 Å². The van der Waals surface area contributed by atoms with E-state index >= 15 is 0 Å². The van der Waals surface area contributed by atoms with Crippen molar-refractivity contribution < 1.29 is 9.84 Å². The molecule has 0 fully saturated rings. The minimum absolute atomic E-state index is 0.0162. The quantitative estimate of drug-likeness (QED) is 0.176. The molecule has 0 amide bonds. The highest BCUT2D eigenvalue weighted by molar-refractivity contribution is 6.15. The average Bonchev–Trinajstić information content (AvgIpc) is 3.47. The van der Waals surface area contributed by atoms with Crippen LogP contribution < -0.4 is 15.2 Å². The van der Waals surface area contributed by atoms with Crippen molar-refractivity contribution in [2.24, 2.45) is 0 Å². The van der Waals surface area contributed by atoms with E-state index in [1.807, 2.05) is 26.0 Å². The molecule has 0 saturated heterocycles. The smallest absolute Gasteiger partial charge is 0.142 e. The van der Waals surface area contributed by atoms with Crippen molar-refractivity contribution in [3.05, 3.63) is 224 Å². The van der Waals surface area contributed by atoms with Crippen molar-refractivity contribution in [2.75, 3.05) is 0 Å². The summed E-state index contributed by atoms with van der Waals surface area (Å²) >= 11 is 0. The van der Waals surface area contributed by atoms with Crippen LogP contribution in [0.1, 0.15) is 69.5 Å². The number of benzene rings is 7. The number of aryl methyl sites for hydroxylation is 4. The zero-order chi connectivity index (χ0) is 40.1. The van der Waals surface area contributed by atoms with Crippen LogP contribution in [-0.2, 0) is 5.60 Å². The maximum atomic E-state index is 14.7. The van der Waals surface area contributed by atoms with E-state index in [1.165, 1.54) is 22.3 Å². The van der Waals surface area contributed by atoms with Gasteiger partial charge in [-0.25, -0.2) is 0 Å². The predicted molar refractivity (Wildman–Crippen MR) is 244 cm³/mol. The number of hydrogen-bond donors (Lipinski definition) is 1.